The number of aryl methyl sites for hydroxylation is 3. The zero-order valence-corrected chi connectivity index (χ0v) is 24.2. The van der Waals surface area contributed by atoms with E-state index in [0.717, 1.165) is 39.2 Å². The van der Waals surface area contributed by atoms with Crippen LogP contribution in [-0.2, 0) is 19.7 Å². The van der Waals surface area contributed by atoms with Gasteiger partial charge in [-0.1, -0.05) is 62.7 Å². The fraction of sp³-hybridized carbons (Fsp3) is 0.433. The van der Waals surface area contributed by atoms with E-state index in [0.29, 0.717) is 19.0 Å². The van der Waals surface area contributed by atoms with E-state index in [1.165, 1.54) is 0 Å². The molecule has 2 aromatic carbocycles. The molecular weight excluding hydrogens is 496 g/mol. The molecule has 1 aromatic heterocycles. The Labute approximate surface area is 229 Å². The number of amides is 2. The Morgan fingerprint density at radius 3 is 2.53 bits per heavy atom. The second-order valence-corrected chi connectivity index (χ2v) is 12.0. The number of nitrogens with zero attached hydrogens (tertiary/aromatic N) is 3. The van der Waals surface area contributed by atoms with Gasteiger partial charge >= 0.3 is 0 Å². The largest absolute Gasteiger partial charge is 0.383 e. The third kappa shape index (κ3) is 5.66. The van der Waals surface area contributed by atoms with Gasteiger partial charge in [-0.15, -0.1) is 11.8 Å². The standard InChI is InChI=1S/C30H38N4O3S/c1-19-12-13-23(21(3)16-19)34-29-26(28(32-34)30(4,5)6)27(22-11-9-8-10-20(22)2)38-18-25(36)33(29)17-24(35)31-14-15-37-7/h8-13,16,27H,14-15,17-18H2,1-7H3,(H,31,35)/t27-/m1/s1. The van der Waals surface area contributed by atoms with E-state index in [9.17, 15) is 9.59 Å². The maximum atomic E-state index is 13.7. The van der Waals surface area contributed by atoms with E-state index < -0.39 is 0 Å². The van der Waals surface area contributed by atoms with Crippen LogP contribution in [0.5, 0.6) is 0 Å². The zero-order chi connectivity index (χ0) is 27.6. The monoisotopic (exact) mass is 534 g/mol. The highest BCUT2D eigenvalue weighted by Gasteiger charge is 2.40. The van der Waals surface area contributed by atoms with Gasteiger partial charge in [0.1, 0.15) is 12.4 Å². The van der Waals surface area contributed by atoms with Crippen LogP contribution in [0.4, 0.5) is 5.82 Å². The molecule has 0 saturated heterocycles. The fourth-order valence-electron chi connectivity index (χ4n) is 4.90. The number of nitrogens with one attached hydrogen (secondary N) is 1. The molecule has 1 aliphatic rings. The number of carbonyl (C=O) groups is 2. The lowest BCUT2D eigenvalue weighted by molar-refractivity contribution is -0.123. The van der Waals surface area contributed by atoms with Gasteiger partial charge < -0.3 is 10.1 Å². The molecule has 7 nitrogen and oxygen atoms in total. The van der Waals surface area contributed by atoms with Gasteiger partial charge in [0.2, 0.25) is 11.8 Å². The summed E-state index contributed by atoms with van der Waals surface area (Å²) in [5.74, 6) is 0.592. The van der Waals surface area contributed by atoms with Gasteiger partial charge in [0, 0.05) is 24.6 Å². The van der Waals surface area contributed by atoms with Crippen LogP contribution in [0, 0.1) is 20.8 Å². The topological polar surface area (TPSA) is 76.5 Å². The van der Waals surface area contributed by atoms with Gasteiger partial charge in [0.25, 0.3) is 0 Å². The van der Waals surface area contributed by atoms with Crippen molar-refractivity contribution in [3.63, 3.8) is 0 Å². The molecule has 0 radical (unpaired) electrons. The molecule has 0 unspecified atom stereocenters. The Bertz CT molecular complexity index is 1340. The summed E-state index contributed by atoms with van der Waals surface area (Å²) in [7, 11) is 1.59. The molecule has 2 amide bonds. The normalized spacial score (nSPS) is 15.8. The molecule has 0 fully saturated rings. The van der Waals surface area contributed by atoms with Crippen molar-refractivity contribution in [1.82, 2.24) is 15.1 Å². The predicted molar refractivity (Wildman–Crippen MR) is 154 cm³/mol. The molecule has 8 heteroatoms. The molecule has 38 heavy (non-hydrogen) atoms. The van der Waals surface area contributed by atoms with Crippen molar-refractivity contribution in [3.8, 4) is 5.69 Å². The number of aromatic nitrogens is 2. The maximum absolute atomic E-state index is 13.7. The molecule has 2 heterocycles. The minimum Gasteiger partial charge on any atom is -0.383 e. The predicted octanol–water partition coefficient (Wildman–Crippen LogP) is 5.03. The molecule has 1 N–H and O–H groups in total. The Kier molecular flexibility index (Phi) is 8.33. The van der Waals surface area contributed by atoms with Crippen LogP contribution < -0.4 is 10.2 Å². The number of thioether (sulfide) groups is 1. The van der Waals surface area contributed by atoms with Crippen LogP contribution in [0.1, 0.15) is 59.5 Å². The highest BCUT2D eigenvalue weighted by molar-refractivity contribution is 8.00. The third-order valence-electron chi connectivity index (χ3n) is 6.78. The number of anilines is 1. The molecule has 0 aliphatic carbocycles. The lowest BCUT2D eigenvalue weighted by Gasteiger charge is -2.25. The molecule has 1 aliphatic heterocycles. The smallest absolute Gasteiger partial charge is 0.240 e. The summed E-state index contributed by atoms with van der Waals surface area (Å²) in [5.41, 5.74) is 7.04. The number of rotatable bonds is 7. The second kappa shape index (κ2) is 11.3. The van der Waals surface area contributed by atoms with Crippen molar-refractivity contribution >= 4 is 29.4 Å². The molecule has 202 valence electrons. The lowest BCUT2D eigenvalue weighted by atomic mass is 9.86. The molecule has 3 aromatic rings. The summed E-state index contributed by atoms with van der Waals surface area (Å²) in [4.78, 5) is 28.4. The second-order valence-electron chi connectivity index (χ2n) is 10.9. The first-order chi connectivity index (χ1) is 18.0. The Balaban J connectivity index is 2.00. The quantitative estimate of drug-likeness (QED) is 0.431. The maximum Gasteiger partial charge on any atom is 0.240 e. The van der Waals surface area contributed by atoms with Gasteiger partial charge in [-0.2, -0.15) is 5.10 Å². The van der Waals surface area contributed by atoms with E-state index in [-0.39, 0.29) is 34.8 Å². The van der Waals surface area contributed by atoms with Crippen molar-refractivity contribution in [2.24, 2.45) is 0 Å². The molecule has 0 bridgehead atoms. The number of carbonyl (C=O) groups excluding carboxylic acids is 2. The minimum atomic E-state index is -0.296. The van der Waals surface area contributed by atoms with Gasteiger partial charge in [-0.25, -0.2) is 4.68 Å². The summed E-state index contributed by atoms with van der Waals surface area (Å²) in [6.45, 7) is 13.4. The van der Waals surface area contributed by atoms with Crippen molar-refractivity contribution in [2.75, 3.05) is 37.5 Å². The van der Waals surface area contributed by atoms with E-state index in [1.54, 1.807) is 23.8 Å². The van der Waals surface area contributed by atoms with Crippen LogP contribution in [0.25, 0.3) is 5.69 Å². The van der Waals surface area contributed by atoms with E-state index in [1.807, 2.05) is 22.9 Å². The number of benzene rings is 2. The van der Waals surface area contributed by atoms with Crippen molar-refractivity contribution < 1.29 is 14.3 Å². The summed E-state index contributed by atoms with van der Waals surface area (Å²) in [6.07, 6.45) is 0. The first kappa shape index (κ1) is 27.9. The third-order valence-corrected chi connectivity index (χ3v) is 8.02. The fourth-order valence-corrected chi connectivity index (χ4v) is 6.20. The summed E-state index contributed by atoms with van der Waals surface area (Å²) >= 11 is 1.60. The first-order valence-electron chi connectivity index (χ1n) is 13.0. The van der Waals surface area contributed by atoms with Crippen LogP contribution >= 0.6 is 11.8 Å². The Morgan fingerprint density at radius 2 is 1.87 bits per heavy atom. The molecular formula is C30H38N4O3S. The van der Waals surface area contributed by atoms with E-state index in [4.69, 9.17) is 9.84 Å². The number of fused-ring (bicyclic) bond motifs is 1. The van der Waals surface area contributed by atoms with Crippen molar-refractivity contribution in [2.45, 2.75) is 52.2 Å². The van der Waals surface area contributed by atoms with Crippen LogP contribution in [0.3, 0.4) is 0 Å². The van der Waals surface area contributed by atoms with Crippen molar-refractivity contribution in [3.05, 3.63) is 76.0 Å². The average Bonchev–Trinajstić information content (AvgIpc) is 3.18. The summed E-state index contributed by atoms with van der Waals surface area (Å²) in [5, 5.41) is 7.97. The van der Waals surface area contributed by atoms with Crippen LogP contribution in [0.2, 0.25) is 0 Å². The lowest BCUT2D eigenvalue weighted by Crippen LogP contribution is -2.43. The van der Waals surface area contributed by atoms with E-state index in [2.05, 4.69) is 71.1 Å². The Morgan fingerprint density at radius 1 is 1.13 bits per heavy atom. The number of hydrogen-bond acceptors (Lipinski definition) is 5. The van der Waals surface area contributed by atoms with Gasteiger partial charge in [0.05, 0.1) is 29.0 Å². The molecule has 1 atom stereocenters. The summed E-state index contributed by atoms with van der Waals surface area (Å²) < 4.78 is 6.97. The van der Waals surface area contributed by atoms with Crippen LogP contribution in [0.15, 0.2) is 42.5 Å². The van der Waals surface area contributed by atoms with Gasteiger partial charge in [-0.3, -0.25) is 14.5 Å². The van der Waals surface area contributed by atoms with Crippen LogP contribution in [-0.4, -0.2) is 54.2 Å². The Hall–Kier alpha value is -3.10. The highest BCUT2D eigenvalue weighted by Crippen LogP contribution is 2.49. The highest BCUT2D eigenvalue weighted by atomic mass is 32.2. The molecule has 0 saturated carbocycles. The number of hydrogen-bond donors (Lipinski definition) is 1. The van der Waals surface area contributed by atoms with Gasteiger partial charge in [-0.05, 0) is 43.5 Å². The molecule has 4 rings (SSSR count). The summed E-state index contributed by atoms with van der Waals surface area (Å²) in [6, 6.07) is 14.5. The number of ether oxygens (including phenoxy) is 1. The molecule has 0 spiro atoms. The number of methoxy groups -OCH3 is 1. The minimum absolute atomic E-state index is 0.0865. The van der Waals surface area contributed by atoms with E-state index >= 15 is 0 Å². The first-order valence-corrected chi connectivity index (χ1v) is 14.0. The van der Waals surface area contributed by atoms with Gasteiger partial charge in [0.15, 0.2) is 0 Å². The van der Waals surface area contributed by atoms with Crippen molar-refractivity contribution in [1.29, 1.82) is 0 Å². The zero-order valence-electron chi connectivity index (χ0n) is 23.4. The average molecular weight is 535 g/mol. The SMILES string of the molecule is COCCNC(=O)CN1C(=O)CS[C@H](c2ccccc2C)c2c(C(C)(C)C)nn(-c3ccc(C)cc3C)c21.